The largest absolute Gasteiger partial charge is 0.441 e. The Labute approximate surface area is 145 Å². The third-order valence-electron chi connectivity index (χ3n) is 4.05. The second-order valence-electron chi connectivity index (χ2n) is 5.95. The first kappa shape index (κ1) is 16.9. The lowest BCUT2D eigenvalue weighted by molar-refractivity contribution is -0.116. The lowest BCUT2D eigenvalue weighted by Gasteiger charge is -2.07. The van der Waals surface area contributed by atoms with Gasteiger partial charge >= 0.3 is 0 Å². The van der Waals surface area contributed by atoms with Gasteiger partial charge in [0.2, 0.25) is 5.91 Å². The van der Waals surface area contributed by atoms with Crippen molar-refractivity contribution in [3.63, 3.8) is 0 Å². The summed E-state index contributed by atoms with van der Waals surface area (Å²) >= 11 is 0. The van der Waals surface area contributed by atoms with Gasteiger partial charge in [0.25, 0.3) is 0 Å². The number of aromatic nitrogens is 1. The summed E-state index contributed by atoms with van der Waals surface area (Å²) in [4.78, 5) is 16.2. The van der Waals surface area contributed by atoms with Crippen LogP contribution in [0.15, 0.2) is 53.1 Å². The molecule has 3 rings (SSSR count). The van der Waals surface area contributed by atoms with Crippen molar-refractivity contribution in [2.24, 2.45) is 0 Å². The molecule has 2 aromatic carbocycles. The van der Waals surface area contributed by atoms with Crippen molar-refractivity contribution in [3.8, 4) is 11.3 Å². The Morgan fingerprint density at radius 2 is 1.96 bits per heavy atom. The average Bonchev–Trinajstić information content (AvgIpc) is 3.05. The minimum atomic E-state index is -0.363. The zero-order valence-electron chi connectivity index (χ0n) is 14.2. The van der Waals surface area contributed by atoms with E-state index in [2.05, 4.69) is 10.3 Å². The summed E-state index contributed by atoms with van der Waals surface area (Å²) in [6, 6.07) is 12.1. The molecule has 128 valence electrons. The van der Waals surface area contributed by atoms with E-state index in [-0.39, 0.29) is 18.1 Å². The number of benzene rings is 2. The molecule has 1 heterocycles. The number of nitrogens with zero attached hydrogens (tertiary/aromatic N) is 1. The van der Waals surface area contributed by atoms with Crippen molar-refractivity contribution >= 4 is 11.6 Å². The maximum Gasteiger partial charge on any atom is 0.224 e. The van der Waals surface area contributed by atoms with Crippen LogP contribution in [0.2, 0.25) is 0 Å². The van der Waals surface area contributed by atoms with E-state index in [0.717, 1.165) is 11.3 Å². The molecule has 0 aliphatic carbocycles. The number of carbonyl (C=O) groups excluding carboxylic acids is 1. The number of nitrogens with one attached hydrogen (secondary N) is 1. The Hall–Kier alpha value is -2.95. The minimum Gasteiger partial charge on any atom is -0.441 e. The second kappa shape index (κ2) is 7.30. The molecule has 1 amide bonds. The number of oxazole rings is 1. The molecule has 0 saturated heterocycles. The predicted octanol–water partition coefficient (Wildman–Crippen LogP) is 4.67. The van der Waals surface area contributed by atoms with Crippen LogP contribution in [0, 0.1) is 19.7 Å². The van der Waals surface area contributed by atoms with Crippen LogP contribution in [0.25, 0.3) is 11.3 Å². The number of rotatable bonds is 5. The Kier molecular flexibility index (Phi) is 4.93. The molecule has 25 heavy (non-hydrogen) atoms. The van der Waals surface area contributed by atoms with Gasteiger partial charge in [-0.1, -0.05) is 18.2 Å². The predicted molar refractivity (Wildman–Crippen MR) is 94.8 cm³/mol. The third kappa shape index (κ3) is 4.12. The number of hydrogen-bond donors (Lipinski definition) is 1. The van der Waals surface area contributed by atoms with Crippen molar-refractivity contribution in [1.82, 2.24) is 4.98 Å². The normalized spacial score (nSPS) is 10.7. The maximum absolute atomic E-state index is 13.8. The maximum atomic E-state index is 13.8. The van der Waals surface area contributed by atoms with Crippen molar-refractivity contribution in [1.29, 1.82) is 0 Å². The molecule has 1 aromatic heterocycles. The highest BCUT2D eigenvalue weighted by atomic mass is 19.1. The lowest BCUT2D eigenvalue weighted by atomic mass is 10.1. The molecule has 5 heteroatoms. The molecule has 0 bridgehead atoms. The number of aryl methyl sites for hydroxylation is 3. The second-order valence-corrected chi connectivity index (χ2v) is 5.95. The van der Waals surface area contributed by atoms with Crippen molar-refractivity contribution < 1.29 is 13.6 Å². The average molecular weight is 338 g/mol. The highest BCUT2D eigenvalue weighted by molar-refractivity contribution is 5.90. The van der Waals surface area contributed by atoms with E-state index in [4.69, 9.17) is 4.42 Å². The molecule has 0 aliphatic heterocycles. The van der Waals surface area contributed by atoms with Gasteiger partial charge in [-0.25, -0.2) is 9.37 Å². The first-order valence-corrected chi connectivity index (χ1v) is 8.09. The highest BCUT2D eigenvalue weighted by Crippen LogP contribution is 2.23. The summed E-state index contributed by atoms with van der Waals surface area (Å²) in [5, 5.41) is 2.86. The van der Waals surface area contributed by atoms with Gasteiger partial charge in [0, 0.05) is 18.5 Å². The van der Waals surface area contributed by atoms with Gasteiger partial charge in [0.05, 0.1) is 11.8 Å². The van der Waals surface area contributed by atoms with Crippen molar-refractivity contribution in [3.05, 3.63) is 71.5 Å². The monoisotopic (exact) mass is 338 g/mol. The molecule has 0 aliphatic rings. The van der Waals surface area contributed by atoms with Gasteiger partial charge in [0.1, 0.15) is 5.82 Å². The molecule has 0 radical (unpaired) electrons. The van der Waals surface area contributed by atoms with Gasteiger partial charge in [-0.15, -0.1) is 0 Å². The molecule has 0 unspecified atom stereocenters. The summed E-state index contributed by atoms with van der Waals surface area (Å²) in [5.74, 6) is 0.294. The SMILES string of the molecule is Cc1ccc(NC(=O)CCc2ncc(-c3ccccc3F)o2)cc1C. The Balaban J connectivity index is 1.59. The summed E-state index contributed by atoms with van der Waals surface area (Å²) in [6.07, 6.45) is 2.07. The van der Waals surface area contributed by atoms with E-state index in [1.165, 1.54) is 17.8 Å². The molecular formula is C20H19FN2O2. The van der Waals surface area contributed by atoms with Crippen LogP contribution in [-0.2, 0) is 11.2 Å². The Morgan fingerprint density at radius 3 is 2.72 bits per heavy atom. The molecule has 1 N–H and O–H groups in total. The number of carbonyl (C=O) groups is 1. The van der Waals surface area contributed by atoms with Crippen LogP contribution in [0.1, 0.15) is 23.4 Å². The lowest BCUT2D eigenvalue weighted by Crippen LogP contribution is -2.12. The molecule has 0 saturated carbocycles. The Morgan fingerprint density at radius 1 is 1.16 bits per heavy atom. The fourth-order valence-electron chi connectivity index (χ4n) is 2.47. The summed E-state index contributed by atoms with van der Waals surface area (Å²) in [6.45, 7) is 4.03. The zero-order valence-corrected chi connectivity index (χ0v) is 14.2. The number of halogens is 1. The van der Waals surface area contributed by atoms with Crippen LogP contribution in [0.4, 0.5) is 10.1 Å². The van der Waals surface area contributed by atoms with Crippen molar-refractivity contribution in [2.45, 2.75) is 26.7 Å². The fraction of sp³-hybridized carbons (Fsp3) is 0.200. The number of anilines is 1. The van der Waals surface area contributed by atoms with E-state index < -0.39 is 0 Å². The van der Waals surface area contributed by atoms with Gasteiger partial charge < -0.3 is 9.73 Å². The van der Waals surface area contributed by atoms with Gasteiger partial charge in [-0.05, 0) is 49.2 Å². The zero-order chi connectivity index (χ0) is 17.8. The number of hydrogen-bond acceptors (Lipinski definition) is 3. The summed E-state index contributed by atoms with van der Waals surface area (Å²) in [7, 11) is 0. The number of amides is 1. The smallest absolute Gasteiger partial charge is 0.224 e. The highest BCUT2D eigenvalue weighted by Gasteiger charge is 2.12. The van der Waals surface area contributed by atoms with E-state index in [1.807, 2.05) is 32.0 Å². The minimum absolute atomic E-state index is 0.117. The van der Waals surface area contributed by atoms with E-state index in [9.17, 15) is 9.18 Å². The van der Waals surface area contributed by atoms with E-state index in [0.29, 0.717) is 23.6 Å². The summed E-state index contributed by atoms with van der Waals surface area (Å²) in [5.41, 5.74) is 3.44. The van der Waals surface area contributed by atoms with Gasteiger partial charge in [-0.3, -0.25) is 4.79 Å². The first-order chi connectivity index (χ1) is 12.0. The van der Waals surface area contributed by atoms with Crippen LogP contribution in [0.5, 0.6) is 0 Å². The topological polar surface area (TPSA) is 55.1 Å². The van der Waals surface area contributed by atoms with E-state index in [1.54, 1.807) is 18.2 Å². The molecule has 4 nitrogen and oxygen atoms in total. The Bertz CT molecular complexity index is 902. The molecular weight excluding hydrogens is 319 g/mol. The van der Waals surface area contributed by atoms with E-state index >= 15 is 0 Å². The van der Waals surface area contributed by atoms with Crippen LogP contribution in [0.3, 0.4) is 0 Å². The van der Waals surface area contributed by atoms with Crippen LogP contribution >= 0.6 is 0 Å². The molecule has 0 fully saturated rings. The summed E-state index contributed by atoms with van der Waals surface area (Å²) < 4.78 is 19.3. The van der Waals surface area contributed by atoms with Gasteiger partial charge in [0.15, 0.2) is 11.7 Å². The van der Waals surface area contributed by atoms with Gasteiger partial charge in [-0.2, -0.15) is 0 Å². The standard InChI is InChI=1S/C20H19FN2O2/c1-13-7-8-15(11-14(13)2)23-19(24)9-10-20-22-12-18(25-20)16-5-3-4-6-17(16)21/h3-8,11-12H,9-10H2,1-2H3,(H,23,24). The molecule has 0 spiro atoms. The van der Waals surface area contributed by atoms with Crippen molar-refractivity contribution in [2.75, 3.05) is 5.32 Å². The van der Waals surface area contributed by atoms with Crippen LogP contribution < -0.4 is 5.32 Å². The quantitative estimate of drug-likeness (QED) is 0.735. The molecule has 0 atom stereocenters. The molecule has 3 aromatic rings. The first-order valence-electron chi connectivity index (χ1n) is 8.09. The van der Waals surface area contributed by atoms with Crippen LogP contribution in [-0.4, -0.2) is 10.9 Å². The third-order valence-corrected chi connectivity index (χ3v) is 4.05. The fourth-order valence-corrected chi connectivity index (χ4v) is 2.47.